The van der Waals surface area contributed by atoms with Crippen molar-refractivity contribution in [2.45, 2.75) is 64.0 Å². The van der Waals surface area contributed by atoms with Gasteiger partial charge in [0, 0.05) is 34.6 Å². The summed E-state index contributed by atoms with van der Waals surface area (Å²) < 4.78 is 0. The molecule has 0 unspecified atom stereocenters. The van der Waals surface area contributed by atoms with Crippen molar-refractivity contribution in [3.05, 3.63) is 82.3 Å². The molecule has 0 aliphatic heterocycles. The molecule has 1 N–H and O–H groups in total. The van der Waals surface area contributed by atoms with Gasteiger partial charge in [0.15, 0.2) is 0 Å². The average Bonchev–Trinajstić information content (AvgIpc) is 3.36. The molecule has 0 radical (unpaired) electrons. The minimum atomic E-state index is -0.777. The van der Waals surface area contributed by atoms with E-state index in [9.17, 15) is 9.59 Å². The van der Waals surface area contributed by atoms with Crippen LogP contribution in [0.3, 0.4) is 0 Å². The number of nitrogens with one attached hydrogen (secondary N) is 1. The summed E-state index contributed by atoms with van der Waals surface area (Å²) in [7, 11) is 0. The van der Waals surface area contributed by atoms with Gasteiger partial charge >= 0.3 is 0 Å². The fraction of sp³-hybridized carbons (Fsp3) is 0.370. The maximum atomic E-state index is 13.7. The molecule has 1 aromatic carbocycles. The number of hydrogen-bond donors (Lipinski definition) is 1. The fourth-order valence-corrected chi connectivity index (χ4v) is 5.16. The first kappa shape index (κ1) is 23.2. The molecule has 1 fully saturated rings. The predicted molar refractivity (Wildman–Crippen MR) is 133 cm³/mol. The molecule has 33 heavy (non-hydrogen) atoms. The topological polar surface area (TPSA) is 62.3 Å². The third-order valence-electron chi connectivity index (χ3n) is 6.26. The van der Waals surface area contributed by atoms with Gasteiger partial charge in [0.05, 0.1) is 6.42 Å². The lowest BCUT2D eigenvalue weighted by Gasteiger charge is -2.33. The molecule has 0 spiro atoms. The zero-order valence-electron chi connectivity index (χ0n) is 19.1. The van der Waals surface area contributed by atoms with Gasteiger partial charge in [-0.15, -0.1) is 11.3 Å². The summed E-state index contributed by atoms with van der Waals surface area (Å²) in [5, 5.41) is 5.22. The van der Waals surface area contributed by atoms with Crippen molar-refractivity contribution in [1.29, 1.82) is 0 Å². The number of carbonyl (C=O) groups is 2. The van der Waals surface area contributed by atoms with Crippen molar-refractivity contribution in [3.8, 4) is 0 Å². The molecule has 1 aliphatic rings. The van der Waals surface area contributed by atoms with Crippen LogP contribution in [0.15, 0.2) is 66.3 Å². The fourth-order valence-electron chi connectivity index (χ4n) is 4.46. The van der Waals surface area contributed by atoms with Crippen molar-refractivity contribution in [1.82, 2.24) is 10.3 Å². The second kappa shape index (κ2) is 11.2. The number of hydrogen-bond acceptors (Lipinski definition) is 4. The molecular formula is C27H31N3O2S. The lowest BCUT2D eigenvalue weighted by Crippen LogP contribution is -2.47. The van der Waals surface area contributed by atoms with Gasteiger partial charge in [-0.2, -0.15) is 0 Å². The highest BCUT2D eigenvalue weighted by atomic mass is 32.1. The van der Waals surface area contributed by atoms with E-state index in [1.54, 1.807) is 28.6 Å². The largest absolute Gasteiger partial charge is 0.351 e. The van der Waals surface area contributed by atoms with Gasteiger partial charge in [-0.3, -0.25) is 19.5 Å². The van der Waals surface area contributed by atoms with Crippen molar-refractivity contribution in [2.24, 2.45) is 0 Å². The van der Waals surface area contributed by atoms with Crippen LogP contribution in [0.5, 0.6) is 0 Å². The van der Waals surface area contributed by atoms with Crippen LogP contribution in [0.4, 0.5) is 5.69 Å². The number of benzene rings is 1. The van der Waals surface area contributed by atoms with Crippen molar-refractivity contribution in [2.75, 3.05) is 4.90 Å². The molecule has 0 saturated heterocycles. The molecule has 6 heteroatoms. The Hall–Kier alpha value is -2.99. The number of anilines is 1. The Balaban J connectivity index is 1.72. The molecule has 1 aliphatic carbocycles. The summed E-state index contributed by atoms with van der Waals surface area (Å²) in [6.07, 6.45) is 9.99. The number of nitrogens with zero attached hydrogens (tertiary/aromatic N) is 2. The van der Waals surface area contributed by atoms with E-state index in [4.69, 9.17) is 0 Å². The van der Waals surface area contributed by atoms with Crippen molar-refractivity contribution < 1.29 is 9.59 Å². The third-order valence-corrected chi connectivity index (χ3v) is 7.13. The van der Waals surface area contributed by atoms with E-state index in [2.05, 4.69) is 17.2 Å². The molecule has 2 aromatic heterocycles. The van der Waals surface area contributed by atoms with E-state index in [1.165, 1.54) is 12.0 Å². The van der Waals surface area contributed by atoms with Crippen LogP contribution in [0.25, 0.3) is 0 Å². The Kier molecular flexibility index (Phi) is 7.89. The maximum absolute atomic E-state index is 13.7. The second-order valence-electron chi connectivity index (χ2n) is 8.57. The van der Waals surface area contributed by atoms with Crippen LogP contribution < -0.4 is 10.2 Å². The molecule has 5 nitrogen and oxygen atoms in total. The number of carbonyl (C=O) groups excluding carboxylic acids is 2. The van der Waals surface area contributed by atoms with Gasteiger partial charge in [-0.1, -0.05) is 50.5 Å². The van der Waals surface area contributed by atoms with Crippen LogP contribution in [0.2, 0.25) is 0 Å². The molecule has 0 bridgehead atoms. The van der Waals surface area contributed by atoms with E-state index in [1.807, 2.05) is 53.9 Å². The number of thiophene rings is 1. The summed E-state index contributed by atoms with van der Waals surface area (Å²) in [5.41, 5.74) is 2.63. The van der Waals surface area contributed by atoms with Crippen LogP contribution in [-0.2, 0) is 22.4 Å². The summed E-state index contributed by atoms with van der Waals surface area (Å²) in [5.74, 6) is -0.247. The Morgan fingerprint density at radius 2 is 1.88 bits per heavy atom. The molecule has 1 saturated carbocycles. The van der Waals surface area contributed by atoms with E-state index < -0.39 is 6.04 Å². The highest BCUT2D eigenvalue weighted by Gasteiger charge is 2.34. The first-order valence-electron chi connectivity index (χ1n) is 11.8. The number of amides is 2. The highest BCUT2D eigenvalue weighted by Crippen LogP contribution is 2.30. The Morgan fingerprint density at radius 1 is 1.09 bits per heavy atom. The van der Waals surface area contributed by atoms with Crippen LogP contribution in [0.1, 0.15) is 61.1 Å². The van der Waals surface area contributed by atoms with Crippen molar-refractivity contribution in [3.63, 3.8) is 0 Å². The molecular weight excluding hydrogens is 430 g/mol. The SMILES string of the molecule is CCc1ccc(N(C(=O)Cc2cccs2)[C@H](C(=O)NC2CCCCC2)c2cccnc2)cc1. The van der Waals surface area contributed by atoms with E-state index in [0.29, 0.717) is 5.56 Å². The lowest BCUT2D eigenvalue weighted by molar-refractivity contribution is -0.127. The molecule has 3 aromatic rings. The normalized spacial score (nSPS) is 15.1. The van der Waals surface area contributed by atoms with E-state index in [0.717, 1.165) is 42.7 Å². The van der Waals surface area contributed by atoms with Gasteiger partial charge < -0.3 is 5.32 Å². The minimum Gasteiger partial charge on any atom is -0.351 e. The number of aromatic nitrogens is 1. The smallest absolute Gasteiger partial charge is 0.248 e. The zero-order valence-corrected chi connectivity index (χ0v) is 19.9. The van der Waals surface area contributed by atoms with Crippen LogP contribution in [0, 0.1) is 0 Å². The van der Waals surface area contributed by atoms with Gasteiger partial charge in [-0.05, 0) is 54.5 Å². The maximum Gasteiger partial charge on any atom is 0.248 e. The third kappa shape index (κ3) is 5.88. The average molecular weight is 462 g/mol. The van der Waals surface area contributed by atoms with E-state index >= 15 is 0 Å². The summed E-state index contributed by atoms with van der Waals surface area (Å²) >= 11 is 1.55. The summed E-state index contributed by atoms with van der Waals surface area (Å²) in [4.78, 5) is 34.3. The van der Waals surface area contributed by atoms with Gasteiger partial charge in [0.2, 0.25) is 11.8 Å². The Morgan fingerprint density at radius 3 is 2.52 bits per heavy atom. The molecule has 1 atom stereocenters. The monoisotopic (exact) mass is 461 g/mol. The number of pyridine rings is 1. The van der Waals surface area contributed by atoms with Gasteiger partial charge in [-0.25, -0.2) is 0 Å². The second-order valence-corrected chi connectivity index (χ2v) is 9.60. The number of aryl methyl sites for hydroxylation is 1. The first-order valence-corrected chi connectivity index (χ1v) is 12.7. The van der Waals surface area contributed by atoms with Crippen LogP contribution >= 0.6 is 11.3 Å². The summed E-state index contributed by atoms with van der Waals surface area (Å²) in [6, 6.07) is 14.9. The van der Waals surface area contributed by atoms with Crippen molar-refractivity contribution >= 4 is 28.8 Å². The predicted octanol–water partition coefficient (Wildman–Crippen LogP) is 5.47. The molecule has 2 heterocycles. The molecule has 172 valence electrons. The van der Waals surface area contributed by atoms with Gasteiger partial charge in [0.25, 0.3) is 0 Å². The zero-order chi connectivity index (χ0) is 23.0. The van der Waals surface area contributed by atoms with E-state index in [-0.39, 0.29) is 24.3 Å². The number of rotatable bonds is 8. The molecule has 4 rings (SSSR count). The molecule has 2 amide bonds. The Labute approximate surface area is 199 Å². The minimum absolute atomic E-state index is 0.102. The Bertz CT molecular complexity index is 1030. The highest BCUT2D eigenvalue weighted by molar-refractivity contribution is 7.10. The first-order chi connectivity index (χ1) is 16.2. The van der Waals surface area contributed by atoms with Gasteiger partial charge in [0.1, 0.15) is 6.04 Å². The van der Waals surface area contributed by atoms with Crippen LogP contribution in [-0.4, -0.2) is 22.8 Å². The standard InChI is InChI=1S/C27H31N3O2S/c1-2-20-12-14-23(15-13-20)30(25(31)18-24-11-7-17-33-24)26(21-8-6-16-28-19-21)27(32)29-22-9-4-3-5-10-22/h6-8,11-17,19,22,26H,2-5,9-10,18H2,1H3,(H,29,32)/t26-/m0/s1. The lowest BCUT2D eigenvalue weighted by atomic mass is 9.94. The summed E-state index contributed by atoms with van der Waals surface area (Å²) in [6.45, 7) is 2.10. The quantitative estimate of drug-likeness (QED) is 0.484.